The normalized spacial score (nSPS) is 22.9. The van der Waals surface area contributed by atoms with Gasteiger partial charge in [0.15, 0.2) is 0 Å². The summed E-state index contributed by atoms with van der Waals surface area (Å²) in [5, 5.41) is 3.24. The summed E-state index contributed by atoms with van der Waals surface area (Å²) in [6.07, 6.45) is 4.83. The molecule has 1 aromatic rings. The van der Waals surface area contributed by atoms with Gasteiger partial charge in [-0.1, -0.05) is 42.6 Å². The van der Waals surface area contributed by atoms with E-state index >= 15 is 0 Å². The van der Waals surface area contributed by atoms with Crippen LogP contribution in [0.4, 0.5) is 0 Å². The van der Waals surface area contributed by atoms with Gasteiger partial charge in [-0.3, -0.25) is 4.79 Å². The van der Waals surface area contributed by atoms with Crippen molar-refractivity contribution >= 4 is 37.8 Å². The van der Waals surface area contributed by atoms with Crippen molar-refractivity contribution in [2.75, 3.05) is 0 Å². The Morgan fingerprint density at radius 2 is 1.95 bits per heavy atom. The molecule has 1 N–H and O–H groups in total. The van der Waals surface area contributed by atoms with E-state index in [9.17, 15) is 4.79 Å². The standard InChI is InChI=1S/C16H21Br2NO/c1-10(2)12-5-3-4-6-15(12)19-16(20)13-8-7-11(17)9-14(13)18/h7-10,12,15H,3-6H2,1-2H3,(H,19,20). The van der Waals surface area contributed by atoms with Crippen LogP contribution in [0, 0.1) is 11.8 Å². The summed E-state index contributed by atoms with van der Waals surface area (Å²) >= 11 is 6.88. The number of halogens is 2. The van der Waals surface area contributed by atoms with Crippen molar-refractivity contribution in [1.82, 2.24) is 5.32 Å². The molecular weight excluding hydrogens is 382 g/mol. The van der Waals surface area contributed by atoms with Crippen molar-refractivity contribution in [3.63, 3.8) is 0 Å². The first kappa shape index (κ1) is 16.0. The van der Waals surface area contributed by atoms with E-state index in [4.69, 9.17) is 0 Å². The number of benzene rings is 1. The van der Waals surface area contributed by atoms with Gasteiger partial charge in [0.05, 0.1) is 5.56 Å². The third-order valence-electron chi connectivity index (χ3n) is 4.17. The fourth-order valence-corrected chi connectivity index (χ4v) is 4.28. The average Bonchev–Trinajstić information content (AvgIpc) is 2.38. The van der Waals surface area contributed by atoms with Crippen molar-refractivity contribution in [1.29, 1.82) is 0 Å². The van der Waals surface area contributed by atoms with Gasteiger partial charge in [-0.25, -0.2) is 0 Å². The highest BCUT2D eigenvalue weighted by Crippen LogP contribution is 2.31. The van der Waals surface area contributed by atoms with E-state index in [1.54, 1.807) is 0 Å². The van der Waals surface area contributed by atoms with Crippen LogP contribution in [-0.2, 0) is 0 Å². The molecule has 1 aliphatic carbocycles. The lowest BCUT2D eigenvalue weighted by Gasteiger charge is -2.35. The van der Waals surface area contributed by atoms with Crippen LogP contribution in [0.1, 0.15) is 49.9 Å². The number of carbonyl (C=O) groups is 1. The molecule has 1 aromatic carbocycles. The molecule has 1 amide bonds. The molecule has 0 aromatic heterocycles. The molecule has 0 aliphatic heterocycles. The Balaban J connectivity index is 2.09. The Bertz CT molecular complexity index is 487. The first-order chi connectivity index (χ1) is 9.49. The predicted octanol–water partition coefficient (Wildman–Crippen LogP) is 5.16. The van der Waals surface area contributed by atoms with Crippen LogP contribution in [0.5, 0.6) is 0 Å². The molecule has 20 heavy (non-hydrogen) atoms. The van der Waals surface area contributed by atoms with E-state index in [1.165, 1.54) is 19.3 Å². The van der Waals surface area contributed by atoms with E-state index in [0.717, 1.165) is 15.4 Å². The van der Waals surface area contributed by atoms with Gasteiger partial charge >= 0.3 is 0 Å². The lowest BCUT2D eigenvalue weighted by Crippen LogP contribution is -2.44. The molecule has 1 fully saturated rings. The maximum absolute atomic E-state index is 12.5. The number of carbonyl (C=O) groups excluding carboxylic acids is 1. The minimum atomic E-state index is 0.0296. The lowest BCUT2D eigenvalue weighted by molar-refractivity contribution is 0.0888. The zero-order chi connectivity index (χ0) is 14.7. The molecule has 2 nitrogen and oxygen atoms in total. The number of rotatable bonds is 3. The van der Waals surface area contributed by atoms with Gasteiger partial charge in [-0.2, -0.15) is 0 Å². The van der Waals surface area contributed by atoms with Crippen molar-refractivity contribution in [2.24, 2.45) is 11.8 Å². The molecular formula is C16H21Br2NO. The Morgan fingerprint density at radius 1 is 1.25 bits per heavy atom. The highest BCUT2D eigenvalue weighted by Gasteiger charge is 2.29. The van der Waals surface area contributed by atoms with Crippen molar-refractivity contribution in [3.8, 4) is 0 Å². The van der Waals surface area contributed by atoms with Gasteiger partial charge < -0.3 is 5.32 Å². The fraction of sp³-hybridized carbons (Fsp3) is 0.562. The second kappa shape index (κ2) is 7.08. The zero-order valence-electron chi connectivity index (χ0n) is 12.0. The highest BCUT2D eigenvalue weighted by molar-refractivity contribution is 9.11. The van der Waals surface area contributed by atoms with Gasteiger partial charge in [0.25, 0.3) is 5.91 Å². The summed E-state index contributed by atoms with van der Waals surface area (Å²) in [5.41, 5.74) is 0.710. The predicted molar refractivity (Wildman–Crippen MR) is 89.9 cm³/mol. The van der Waals surface area contributed by atoms with Crippen molar-refractivity contribution < 1.29 is 4.79 Å². The first-order valence-corrected chi connectivity index (χ1v) is 8.83. The lowest BCUT2D eigenvalue weighted by atomic mass is 9.78. The summed E-state index contributed by atoms with van der Waals surface area (Å²) in [6.45, 7) is 4.51. The minimum absolute atomic E-state index is 0.0296. The highest BCUT2D eigenvalue weighted by atomic mass is 79.9. The number of hydrogen-bond acceptors (Lipinski definition) is 1. The third kappa shape index (κ3) is 3.85. The van der Waals surface area contributed by atoms with Crippen molar-refractivity contribution in [3.05, 3.63) is 32.7 Å². The maximum Gasteiger partial charge on any atom is 0.252 e. The molecule has 0 saturated heterocycles. The molecule has 0 spiro atoms. The summed E-state index contributed by atoms with van der Waals surface area (Å²) in [6, 6.07) is 5.99. The van der Waals surface area contributed by atoms with Gasteiger partial charge in [0, 0.05) is 15.0 Å². The summed E-state index contributed by atoms with van der Waals surface area (Å²) in [5.74, 6) is 1.25. The van der Waals surface area contributed by atoms with E-state index < -0.39 is 0 Å². The Kier molecular flexibility index (Phi) is 5.67. The van der Waals surface area contributed by atoms with Crippen molar-refractivity contribution in [2.45, 2.75) is 45.6 Å². The van der Waals surface area contributed by atoms with Gasteiger partial charge in [0.1, 0.15) is 0 Å². The fourth-order valence-electron chi connectivity index (χ4n) is 3.06. The monoisotopic (exact) mass is 401 g/mol. The smallest absolute Gasteiger partial charge is 0.252 e. The Morgan fingerprint density at radius 3 is 2.60 bits per heavy atom. The third-order valence-corrected chi connectivity index (χ3v) is 5.32. The van der Waals surface area contributed by atoms with E-state index in [2.05, 4.69) is 51.0 Å². The number of hydrogen-bond donors (Lipinski definition) is 1. The van der Waals surface area contributed by atoms with Gasteiger partial charge in [0.2, 0.25) is 0 Å². The summed E-state index contributed by atoms with van der Waals surface area (Å²) in [7, 11) is 0. The number of nitrogens with one attached hydrogen (secondary N) is 1. The second-order valence-corrected chi connectivity index (χ2v) is 7.67. The van der Waals surface area contributed by atoms with Crippen LogP contribution in [-0.4, -0.2) is 11.9 Å². The molecule has 2 rings (SSSR count). The molecule has 4 heteroatoms. The van der Waals surface area contributed by atoms with Crippen LogP contribution in [0.15, 0.2) is 27.1 Å². The largest absolute Gasteiger partial charge is 0.349 e. The molecule has 1 saturated carbocycles. The Labute approximate surface area is 138 Å². The van der Waals surface area contributed by atoms with Crippen LogP contribution in [0.25, 0.3) is 0 Å². The Hall–Kier alpha value is -0.350. The van der Waals surface area contributed by atoms with Gasteiger partial charge in [-0.05, 0) is 58.8 Å². The molecule has 0 bridgehead atoms. The molecule has 0 heterocycles. The minimum Gasteiger partial charge on any atom is -0.349 e. The molecule has 2 atom stereocenters. The van der Waals surface area contributed by atoms with Crippen LogP contribution >= 0.6 is 31.9 Å². The SMILES string of the molecule is CC(C)C1CCCCC1NC(=O)c1ccc(Br)cc1Br. The molecule has 0 radical (unpaired) electrons. The summed E-state index contributed by atoms with van der Waals surface area (Å²) < 4.78 is 1.81. The zero-order valence-corrected chi connectivity index (χ0v) is 15.1. The van der Waals surface area contributed by atoms with Crippen LogP contribution in [0.3, 0.4) is 0 Å². The van der Waals surface area contributed by atoms with E-state index in [0.29, 0.717) is 23.4 Å². The topological polar surface area (TPSA) is 29.1 Å². The van der Waals surface area contributed by atoms with Gasteiger partial charge in [-0.15, -0.1) is 0 Å². The molecule has 1 aliphatic rings. The quantitative estimate of drug-likeness (QED) is 0.743. The maximum atomic E-state index is 12.5. The average molecular weight is 403 g/mol. The second-order valence-electron chi connectivity index (χ2n) is 5.90. The van der Waals surface area contributed by atoms with Crippen LogP contribution < -0.4 is 5.32 Å². The van der Waals surface area contributed by atoms with Crippen LogP contribution in [0.2, 0.25) is 0 Å². The van der Waals surface area contributed by atoms with E-state index in [1.807, 2.05) is 18.2 Å². The molecule has 2 unspecified atom stereocenters. The number of amides is 1. The molecule has 110 valence electrons. The first-order valence-electron chi connectivity index (χ1n) is 7.25. The van der Waals surface area contributed by atoms with E-state index in [-0.39, 0.29) is 5.91 Å². The summed E-state index contributed by atoms with van der Waals surface area (Å²) in [4.78, 5) is 12.5.